The van der Waals surface area contributed by atoms with Crippen LogP contribution in [0.15, 0.2) is 0 Å². The highest BCUT2D eigenvalue weighted by Gasteiger charge is 2.19. The van der Waals surface area contributed by atoms with E-state index in [0.717, 1.165) is 13.1 Å². The van der Waals surface area contributed by atoms with Crippen LogP contribution in [0, 0.1) is 0 Å². The van der Waals surface area contributed by atoms with Crippen molar-refractivity contribution >= 4 is 14.5 Å². The Bertz CT molecular complexity index is 194. The van der Waals surface area contributed by atoms with Crippen LogP contribution >= 0.6 is 8.60 Å². The van der Waals surface area contributed by atoms with Crippen molar-refractivity contribution in [3.63, 3.8) is 0 Å². The van der Waals surface area contributed by atoms with Gasteiger partial charge in [0.25, 0.3) is 0 Å². The quantitative estimate of drug-likeness (QED) is 0.598. The average Bonchev–Trinajstić information content (AvgIpc) is 2.15. The van der Waals surface area contributed by atoms with E-state index in [1.54, 1.807) is 4.90 Å². The first kappa shape index (κ1) is 11.8. The van der Waals surface area contributed by atoms with Gasteiger partial charge in [0, 0.05) is 26.2 Å². The number of likely N-dealkylation sites (N-methyl/N-ethyl adjacent to an activating group) is 1. The smallest absolute Gasteiger partial charge is 0.327 e. The Labute approximate surface area is 84.1 Å². The lowest BCUT2D eigenvalue weighted by molar-refractivity contribution is -0.135. The Morgan fingerprint density at radius 1 is 1.36 bits per heavy atom. The van der Waals surface area contributed by atoms with Gasteiger partial charge in [0.2, 0.25) is 5.91 Å². The molecule has 1 heterocycles. The van der Waals surface area contributed by atoms with E-state index in [1.165, 1.54) is 0 Å². The monoisotopic (exact) mass is 222 g/mol. The molecule has 14 heavy (non-hydrogen) atoms. The summed E-state index contributed by atoms with van der Waals surface area (Å²) in [5.41, 5.74) is 0. The zero-order valence-electron chi connectivity index (χ0n) is 8.09. The van der Waals surface area contributed by atoms with Crippen LogP contribution in [0.4, 0.5) is 0 Å². The van der Waals surface area contributed by atoms with Crippen molar-refractivity contribution in [2.45, 2.75) is 0 Å². The molecule has 0 unspecified atom stereocenters. The van der Waals surface area contributed by atoms with Gasteiger partial charge >= 0.3 is 8.60 Å². The second-order valence-electron chi connectivity index (χ2n) is 3.21. The Morgan fingerprint density at radius 2 is 1.93 bits per heavy atom. The summed E-state index contributed by atoms with van der Waals surface area (Å²) in [7, 11) is -0.422. The van der Waals surface area contributed by atoms with E-state index in [0.29, 0.717) is 13.1 Å². The number of amides is 1. The van der Waals surface area contributed by atoms with E-state index in [-0.39, 0.29) is 12.5 Å². The average molecular weight is 222 g/mol. The number of carbonyl (C=O) groups excluding carboxylic acids is 1. The molecule has 6 nitrogen and oxygen atoms in total. The fraction of sp³-hybridized carbons (Fsp3) is 0.857. The topological polar surface area (TPSA) is 73.2 Å². The molecule has 82 valence electrons. The summed E-state index contributed by atoms with van der Waals surface area (Å²) in [6, 6.07) is 0. The maximum absolute atomic E-state index is 11.4. The zero-order chi connectivity index (χ0) is 10.6. The molecule has 1 fully saturated rings. The highest BCUT2D eigenvalue weighted by molar-refractivity contribution is 7.39. The van der Waals surface area contributed by atoms with Crippen molar-refractivity contribution in [1.82, 2.24) is 9.80 Å². The summed E-state index contributed by atoms with van der Waals surface area (Å²) in [4.78, 5) is 32.1. The normalized spacial score (nSPS) is 19.0. The fourth-order valence-corrected chi connectivity index (χ4v) is 1.49. The highest BCUT2D eigenvalue weighted by atomic mass is 31.2. The Balaban J connectivity index is 2.24. The number of piperazine rings is 1. The Hall–Kier alpha value is -0.260. The molecule has 0 atom stereocenters. The van der Waals surface area contributed by atoms with Crippen molar-refractivity contribution in [3.8, 4) is 0 Å². The van der Waals surface area contributed by atoms with Crippen LogP contribution in [-0.2, 0) is 9.32 Å². The van der Waals surface area contributed by atoms with Gasteiger partial charge in [-0.05, 0) is 7.05 Å². The van der Waals surface area contributed by atoms with Gasteiger partial charge in [-0.2, -0.15) is 0 Å². The van der Waals surface area contributed by atoms with E-state index >= 15 is 0 Å². The summed E-state index contributed by atoms with van der Waals surface area (Å²) < 4.78 is 4.45. The molecule has 1 rings (SSSR count). The molecule has 1 saturated heterocycles. The zero-order valence-corrected chi connectivity index (χ0v) is 8.98. The predicted octanol–water partition coefficient (Wildman–Crippen LogP) is -1.01. The number of rotatable bonds is 3. The molecule has 7 heteroatoms. The van der Waals surface area contributed by atoms with Gasteiger partial charge in [-0.3, -0.25) is 4.79 Å². The summed E-state index contributed by atoms with van der Waals surface area (Å²) in [6.45, 7) is 2.79. The first-order valence-electron chi connectivity index (χ1n) is 4.36. The van der Waals surface area contributed by atoms with Crippen LogP contribution in [0.1, 0.15) is 0 Å². The third-order valence-electron chi connectivity index (χ3n) is 2.16. The lowest BCUT2D eigenvalue weighted by atomic mass is 10.3. The minimum Gasteiger partial charge on any atom is -0.338 e. The van der Waals surface area contributed by atoms with Gasteiger partial charge < -0.3 is 24.1 Å². The van der Waals surface area contributed by atoms with Crippen molar-refractivity contribution < 1.29 is 19.1 Å². The molecular weight excluding hydrogens is 207 g/mol. The van der Waals surface area contributed by atoms with Crippen LogP contribution in [0.5, 0.6) is 0 Å². The van der Waals surface area contributed by atoms with Crippen LogP contribution < -0.4 is 0 Å². The number of hydrogen-bond acceptors (Lipinski definition) is 5. The van der Waals surface area contributed by atoms with E-state index in [9.17, 15) is 4.79 Å². The minimum atomic E-state index is -2.42. The van der Waals surface area contributed by atoms with Crippen molar-refractivity contribution in [1.29, 1.82) is 0 Å². The van der Waals surface area contributed by atoms with Gasteiger partial charge in [0.1, 0.15) is 6.61 Å². The highest BCUT2D eigenvalue weighted by Crippen LogP contribution is 2.23. The molecule has 0 spiro atoms. The van der Waals surface area contributed by atoms with Gasteiger partial charge in [0.15, 0.2) is 0 Å². The van der Waals surface area contributed by atoms with Gasteiger partial charge in [0.05, 0.1) is 0 Å². The first-order valence-corrected chi connectivity index (χ1v) is 5.53. The summed E-state index contributed by atoms with van der Waals surface area (Å²) in [6.07, 6.45) is 0. The van der Waals surface area contributed by atoms with Gasteiger partial charge in [-0.1, -0.05) is 0 Å². The molecule has 0 saturated carbocycles. The number of hydrogen-bond donors (Lipinski definition) is 2. The van der Waals surface area contributed by atoms with Crippen LogP contribution in [-0.4, -0.2) is 65.3 Å². The molecule has 0 aromatic carbocycles. The summed E-state index contributed by atoms with van der Waals surface area (Å²) in [5, 5.41) is 0. The summed E-state index contributed by atoms with van der Waals surface area (Å²) in [5.74, 6) is -0.186. The molecule has 0 radical (unpaired) electrons. The van der Waals surface area contributed by atoms with Crippen LogP contribution in [0.3, 0.4) is 0 Å². The van der Waals surface area contributed by atoms with Gasteiger partial charge in [-0.15, -0.1) is 0 Å². The lowest BCUT2D eigenvalue weighted by Gasteiger charge is -2.32. The van der Waals surface area contributed by atoms with Crippen molar-refractivity contribution in [2.24, 2.45) is 0 Å². The standard InChI is InChI=1S/C7H15N2O4P/c1-8-2-4-9(5-3-8)7(10)6-13-14(11)12/h11-12H,2-6H2,1H3. The molecular formula is C7H15N2O4P. The molecule has 0 bridgehead atoms. The first-order chi connectivity index (χ1) is 6.59. The molecule has 1 aliphatic rings. The molecule has 0 aliphatic carbocycles. The van der Waals surface area contributed by atoms with Gasteiger partial charge in [-0.25, -0.2) is 0 Å². The van der Waals surface area contributed by atoms with Crippen LogP contribution in [0.2, 0.25) is 0 Å². The fourth-order valence-electron chi connectivity index (χ4n) is 1.26. The maximum Gasteiger partial charge on any atom is 0.327 e. The molecule has 1 amide bonds. The Kier molecular flexibility index (Phi) is 4.71. The number of nitrogens with zero attached hydrogens (tertiary/aromatic N) is 2. The molecule has 2 N–H and O–H groups in total. The summed E-state index contributed by atoms with van der Waals surface area (Å²) >= 11 is 0. The van der Waals surface area contributed by atoms with E-state index in [2.05, 4.69) is 9.42 Å². The largest absolute Gasteiger partial charge is 0.338 e. The predicted molar refractivity (Wildman–Crippen MR) is 51.4 cm³/mol. The molecule has 1 aliphatic heterocycles. The SMILES string of the molecule is CN1CCN(C(=O)COP(O)O)CC1. The minimum absolute atomic E-state index is 0.186. The van der Waals surface area contributed by atoms with Crippen LogP contribution in [0.25, 0.3) is 0 Å². The third kappa shape index (κ3) is 3.86. The van der Waals surface area contributed by atoms with Crippen molar-refractivity contribution in [3.05, 3.63) is 0 Å². The van der Waals surface area contributed by atoms with E-state index in [1.807, 2.05) is 7.05 Å². The molecule has 0 aromatic heterocycles. The lowest BCUT2D eigenvalue weighted by Crippen LogP contribution is -2.48. The Morgan fingerprint density at radius 3 is 2.43 bits per heavy atom. The maximum atomic E-state index is 11.4. The second-order valence-corrected chi connectivity index (χ2v) is 3.97. The molecule has 0 aromatic rings. The van der Waals surface area contributed by atoms with E-state index in [4.69, 9.17) is 9.79 Å². The number of carbonyl (C=O) groups is 1. The van der Waals surface area contributed by atoms with E-state index < -0.39 is 8.60 Å². The second kappa shape index (κ2) is 5.58. The third-order valence-corrected chi connectivity index (χ3v) is 2.52. The van der Waals surface area contributed by atoms with Crippen molar-refractivity contribution in [2.75, 3.05) is 39.8 Å².